The lowest BCUT2D eigenvalue weighted by molar-refractivity contribution is -0.141. The number of carboxylic acids is 1. The van der Waals surface area contributed by atoms with E-state index >= 15 is 0 Å². The lowest BCUT2D eigenvalue weighted by Gasteiger charge is -2.22. The van der Waals surface area contributed by atoms with Gasteiger partial charge in [0.1, 0.15) is 22.0 Å². The highest BCUT2D eigenvalue weighted by Crippen LogP contribution is 2.37. The Balaban J connectivity index is 2.19. The van der Waals surface area contributed by atoms with Gasteiger partial charge in [0, 0.05) is 10.9 Å². The summed E-state index contributed by atoms with van der Waals surface area (Å²) in [4.78, 5) is 21.3. The fraction of sp³-hybridized carbons (Fsp3) is 0.278. The van der Waals surface area contributed by atoms with Crippen LogP contribution >= 0.6 is 11.3 Å². The van der Waals surface area contributed by atoms with Crippen molar-refractivity contribution in [3.05, 3.63) is 41.0 Å². The molecule has 3 rings (SSSR count). The number of fused-ring (bicyclic) bond motifs is 1. The summed E-state index contributed by atoms with van der Waals surface area (Å²) >= 11 is 1.54. The van der Waals surface area contributed by atoms with Gasteiger partial charge >= 0.3 is 5.97 Å². The maximum absolute atomic E-state index is 11.5. The number of rotatable bonds is 4. The number of aliphatic carboxylic acids is 1. The summed E-state index contributed by atoms with van der Waals surface area (Å²) in [6, 6.07) is 8.23. The molecule has 0 aliphatic heterocycles. The number of nitrogens with one attached hydrogen (secondary N) is 1. The minimum Gasteiger partial charge on any atom is -0.480 e. The summed E-state index contributed by atoms with van der Waals surface area (Å²) in [7, 11) is 0. The van der Waals surface area contributed by atoms with Gasteiger partial charge in [0.25, 0.3) is 0 Å². The summed E-state index contributed by atoms with van der Waals surface area (Å²) in [5.41, 5.74) is 2.14. The number of carbonyl (C=O) groups is 1. The Bertz CT molecular complexity index is 914. The fourth-order valence-corrected chi connectivity index (χ4v) is 3.43. The van der Waals surface area contributed by atoms with E-state index in [0.717, 1.165) is 21.3 Å². The van der Waals surface area contributed by atoms with Crippen molar-refractivity contribution in [3.63, 3.8) is 0 Å². The Morgan fingerprint density at radius 2 is 1.83 bits per heavy atom. The molecule has 2 aromatic heterocycles. The van der Waals surface area contributed by atoms with Gasteiger partial charge in [-0.15, -0.1) is 11.3 Å². The molecule has 1 aromatic carbocycles. The first-order chi connectivity index (χ1) is 11.3. The van der Waals surface area contributed by atoms with Crippen molar-refractivity contribution in [2.24, 2.45) is 0 Å². The number of thiophene rings is 1. The van der Waals surface area contributed by atoms with E-state index < -0.39 is 11.5 Å². The molecular formula is C18H19N3O2S. The van der Waals surface area contributed by atoms with Gasteiger partial charge in [-0.2, -0.15) is 0 Å². The molecule has 0 atom stereocenters. The maximum Gasteiger partial charge on any atom is 0.328 e. The minimum atomic E-state index is -1.12. The van der Waals surface area contributed by atoms with E-state index in [-0.39, 0.29) is 0 Å². The van der Waals surface area contributed by atoms with Crippen LogP contribution in [-0.2, 0) is 4.79 Å². The van der Waals surface area contributed by atoms with Crippen LogP contribution in [0.1, 0.15) is 25.2 Å². The van der Waals surface area contributed by atoms with Crippen molar-refractivity contribution in [3.8, 4) is 11.1 Å². The van der Waals surface area contributed by atoms with E-state index in [1.807, 2.05) is 19.2 Å². The van der Waals surface area contributed by atoms with Crippen LogP contribution in [0.15, 0.2) is 29.6 Å². The van der Waals surface area contributed by atoms with Gasteiger partial charge < -0.3 is 10.4 Å². The summed E-state index contributed by atoms with van der Waals surface area (Å²) < 4.78 is 0. The van der Waals surface area contributed by atoms with E-state index in [4.69, 9.17) is 0 Å². The second-order valence-electron chi connectivity index (χ2n) is 6.37. The number of aromatic nitrogens is 2. The third kappa shape index (κ3) is 2.97. The quantitative estimate of drug-likeness (QED) is 0.742. The monoisotopic (exact) mass is 341 g/mol. The van der Waals surface area contributed by atoms with Gasteiger partial charge in [-0.1, -0.05) is 29.8 Å². The number of carboxylic acid groups (broad SMARTS) is 1. The van der Waals surface area contributed by atoms with Gasteiger partial charge in [0.05, 0.1) is 5.39 Å². The van der Waals surface area contributed by atoms with Crippen LogP contribution in [0.4, 0.5) is 5.82 Å². The lowest BCUT2D eigenvalue weighted by Crippen LogP contribution is -2.40. The molecule has 2 N–H and O–H groups in total. The molecule has 0 unspecified atom stereocenters. The van der Waals surface area contributed by atoms with E-state index in [1.54, 1.807) is 13.8 Å². The van der Waals surface area contributed by atoms with Crippen molar-refractivity contribution in [2.45, 2.75) is 33.2 Å². The maximum atomic E-state index is 11.5. The van der Waals surface area contributed by atoms with Crippen molar-refractivity contribution in [2.75, 3.05) is 5.32 Å². The number of benzene rings is 1. The minimum absolute atomic E-state index is 0.557. The molecule has 0 saturated heterocycles. The molecule has 6 heteroatoms. The smallest absolute Gasteiger partial charge is 0.328 e. The second kappa shape index (κ2) is 5.87. The first-order valence-electron chi connectivity index (χ1n) is 7.62. The van der Waals surface area contributed by atoms with E-state index in [0.29, 0.717) is 11.6 Å². The summed E-state index contributed by atoms with van der Waals surface area (Å²) in [5.74, 6) is 0.240. The molecule has 24 heavy (non-hydrogen) atoms. The third-order valence-corrected chi connectivity index (χ3v) is 4.75. The van der Waals surface area contributed by atoms with Gasteiger partial charge in [-0.05, 0) is 33.3 Å². The SMILES string of the molecule is Cc1ccc(-c2csc3nc(C)nc(NC(C)(C)C(=O)O)c23)cc1. The molecule has 124 valence electrons. The summed E-state index contributed by atoms with van der Waals surface area (Å²) in [6.07, 6.45) is 0. The summed E-state index contributed by atoms with van der Waals surface area (Å²) in [6.45, 7) is 7.10. The molecule has 3 aromatic rings. The van der Waals surface area contributed by atoms with Gasteiger partial charge in [-0.3, -0.25) is 0 Å². The summed E-state index contributed by atoms with van der Waals surface area (Å²) in [5, 5.41) is 15.4. The molecule has 0 amide bonds. The standard InChI is InChI=1S/C18H19N3O2S/c1-10-5-7-12(8-6-10)13-9-24-16-14(13)15(19-11(2)20-16)21-18(3,4)17(22)23/h5-9H,1-4H3,(H,22,23)(H,19,20,21). The van der Waals surface area contributed by atoms with Crippen LogP contribution in [0.2, 0.25) is 0 Å². The van der Waals surface area contributed by atoms with Crippen molar-refractivity contribution < 1.29 is 9.90 Å². The predicted octanol–water partition coefficient (Wildman–Crippen LogP) is 4.25. The number of hydrogen-bond acceptors (Lipinski definition) is 5. The Morgan fingerprint density at radius 1 is 1.17 bits per heavy atom. The van der Waals surface area contributed by atoms with Gasteiger partial charge in [0.15, 0.2) is 0 Å². The molecule has 0 fully saturated rings. The van der Waals surface area contributed by atoms with Crippen LogP contribution in [0.3, 0.4) is 0 Å². The Hall–Kier alpha value is -2.47. The van der Waals surface area contributed by atoms with Crippen LogP contribution in [0, 0.1) is 13.8 Å². The Labute approximate surface area is 144 Å². The lowest BCUT2D eigenvalue weighted by atomic mass is 10.0. The zero-order chi connectivity index (χ0) is 17.5. The highest BCUT2D eigenvalue weighted by molar-refractivity contribution is 7.17. The third-order valence-electron chi connectivity index (χ3n) is 3.87. The van der Waals surface area contributed by atoms with Crippen LogP contribution in [0.25, 0.3) is 21.3 Å². The van der Waals surface area contributed by atoms with Crippen molar-refractivity contribution in [1.29, 1.82) is 0 Å². The topological polar surface area (TPSA) is 75.1 Å². The predicted molar refractivity (Wildman–Crippen MR) is 97.7 cm³/mol. The first-order valence-corrected chi connectivity index (χ1v) is 8.50. The number of aryl methyl sites for hydroxylation is 2. The number of anilines is 1. The van der Waals surface area contributed by atoms with Crippen LogP contribution in [-0.4, -0.2) is 26.6 Å². The van der Waals surface area contributed by atoms with E-state index in [2.05, 4.69) is 39.6 Å². The zero-order valence-corrected chi connectivity index (χ0v) is 14.9. The highest BCUT2D eigenvalue weighted by atomic mass is 32.1. The normalized spacial score (nSPS) is 11.7. The molecule has 0 spiro atoms. The van der Waals surface area contributed by atoms with Gasteiger partial charge in [0.2, 0.25) is 0 Å². The zero-order valence-electron chi connectivity index (χ0n) is 14.0. The Kier molecular flexibility index (Phi) is 4.01. The molecule has 0 aliphatic carbocycles. The molecule has 2 heterocycles. The fourth-order valence-electron chi connectivity index (χ4n) is 2.43. The number of nitrogens with zero attached hydrogens (tertiary/aromatic N) is 2. The van der Waals surface area contributed by atoms with Crippen molar-refractivity contribution in [1.82, 2.24) is 9.97 Å². The molecule has 0 aliphatic rings. The number of hydrogen-bond donors (Lipinski definition) is 2. The van der Waals surface area contributed by atoms with Crippen LogP contribution in [0.5, 0.6) is 0 Å². The molecule has 5 nitrogen and oxygen atoms in total. The molecule has 0 saturated carbocycles. The highest BCUT2D eigenvalue weighted by Gasteiger charge is 2.29. The average molecular weight is 341 g/mol. The molecule has 0 radical (unpaired) electrons. The Morgan fingerprint density at radius 3 is 2.46 bits per heavy atom. The van der Waals surface area contributed by atoms with Gasteiger partial charge in [-0.25, -0.2) is 14.8 Å². The second-order valence-corrected chi connectivity index (χ2v) is 7.23. The molecule has 0 bridgehead atoms. The first kappa shape index (κ1) is 16.4. The van der Waals surface area contributed by atoms with Crippen molar-refractivity contribution >= 4 is 33.3 Å². The average Bonchev–Trinajstić information content (AvgIpc) is 2.91. The van der Waals surface area contributed by atoms with E-state index in [1.165, 1.54) is 16.9 Å². The van der Waals surface area contributed by atoms with Crippen LogP contribution < -0.4 is 5.32 Å². The largest absolute Gasteiger partial charge is 0.480 e. The molecular weight excluding hydrogens is 322 g/mol. The van der Waals surface area contributed by atoms with E-state index in [9.17, 15) is 9.90 Å².